The summed E-state index contributed by atoms with van der Waals surface area (Å²) in [4.78, 5) is 0. The number of nitrogens with two attached hydrogens (primary N) is 1. The molecule has 2 atom stereocenters. The van der Waals surface area contributed by atoms with Crippen LogP contribution in [0.3, 0.4) is 0 Å². The lowest BCUT2D eigenvalue weighted by atomic mass is 9.62. The zero-order valence-corrected chi connectivity index (χ0v) is 17.6. The molecule has 0 heterocycles. The largest absolute Gasteiger partial charge is 0.327 e. The van der Waals surface area contributed by atoms with E-state index in [0.29, 0.717) is 6.54 Å². The summed E-state index contributed by atoms with van der Waals surface area (Å²) >= 11 is 0. The average molecular weight is 378 g/mol. The van der Waals surface area contributed by atoms with Gasteiger partial charge >= 0.3 is 0 Å². The van der Waals surface area contributed by atoms with Gasteiger partial charge in [-0.1, -0.05) is 86.3 Å². The van der Waals surface area contributed by atoms with E-state index in [4.69, 9.17) is 5.73 Å². The monoisotopic (exact) mass is 377 g/mol. The van der Waals surface area contributed by atoms with E-state index < -0.39 is 0 Å². The summed E-state index contributed by atoms with van der Waals surface area (Å²) in [5, 5.41) is 0. The zero-order valence-electron chi connectivity index (χ0n) is 17.6. The van der Waals surface area contributed by atoms with Crippen molar-refractivity contribution in [2.75, 3.05) is 6.54 Å². The minimum absolute atomic E-state index is 0.638. The van der Waals surface area contributed by atoms with Crippen molar-refractivity contribution in [2.45, 2.75) is 70.6 Å². The molecule has 152 valence electrons. The third-order valence-electron chi connectivity index (χ3n) is 7.93. The standard InChI is InChI=1S/C27H39N/c28-20-8-2-3-9-21-14-16-23(17-15-21)25-19-18-24(22-10-4-1-5-11-22)26-12-6-7-13-27(25)26/h2-3,6-9,12-13,21-24,26H,1,4-5,10-11,14-20,28H2/b8-2-,9-3+. The summed E-state index contributed by atoms with van der Waals surface area (Å²) in [6.45, 7) is 0.638. The zero-order chi connectivity index (χ0) is 19.2. The van der Waals surface area contributed by atoms with Gasteiger partial charge in [0.25, 0.3) is 0 Å². The first-order valence-corrected chi connectivity index (χ1v) is 12.0. The SMILES string of the molecule is NC/C=C\C=C\C1CCC(C2=C3C=CC=CC3C(C3CCCCC3)CC2)CC1. The van der Waals surface area contributed by atoms with Crippen molar-refractivity contribution in [2.24, 2.45) is 35.3 Å². The Bertz CT molecular complexity index is 648. The second-order valence-electron chi connectivity index (χ2n) is 9.51. The third-order valence-corrected chi connectivity index (χ3v) is 7.93. The first-order valence-electron chi connectivity index (χ1n) is 12.0. The molecule has 0 aliphatic heterocycles. The molecule has 0 bridgehead atoms. The van der Waals surface area contributed by atoms with Crippen molar-refractivity contribution in [1.29, 1.82) is 0 Å². The van der Waals surface area contributed by atoms with E-state index in [9.17, 15) is 0 Å². The van der Waals surface area contributed by atoms with Crippen LogP contribution in [-0.4, -0.2) is 6.54 Å². The number of hydrogen-bond donors (Lipinski definition) is 1. The lowest BCUT2D eigenvalue weighted by molar-refractivity contribution is 0.191. The van der Waals surface area contributed by atoms with Crippen LogP contribution in [0, 0.1) is 29.6 Å². The van der Waals surface area contributed by atoms with E-state index in [1.807, 2.05) is 11.6 Å². The van der Waals surface area contributed by atoms with Gasteiger partial charge in [0.15, 0.2) is 0 Å². The minimum Gasteiger partial charge on any atom is -0.327 e. The lowest BCUT2D eigenvalue weighted by Gasteiger charge is -2.42. The van der Waals surface area contributed by atoms with Crippen LogP contribution in [-0.2, 0) is 0 Å². The molecule has 2 saturated carbocycles. The molecule has 1 nitrogen and oxygen atoms in total. The first-order chi connectivity index (χ1) is 13.9. The quantitative estimate of drug-likeness (QED) is 0.518. The Morgan fingerprint density at radius 3 is 2.50 bits per heavy atom. The Labute approximate surface area is 172 Å². The van der Waals surface area contributed by atoms with Crippen LogP contribution in [0.15, 0.2) is 59.8 Å². The predicted molar refractivity (Wildman–Crippen MR) is 121 cm³/mol. The van der Waals surface area contributed by atoms with E-state index in [-0.39, 0.29) is 0 Å². The van der Waals surface area contributed by atoms with E-state index in [2.05, 4.69) is 42.5 Å². The highest BCUT2D eigenvalue weighted by Crippen LogP contribution is 2.49. The van der Waals surface area contributed by atoms with Crippen molar-refractivity contribution in [3.8, 4) is 0 Å². The van der Waals surface area contributed by atoms with Crippen LogP contribution in [0.4, 0.5) is 0 Å². The van der Waals surface area contributed by atoms with Gasteiger partial charge in [0.2, 0.25) is 0 Å². The van der Waals surface area contributed by atoms with Crippen molar-refractivity contribution in [3.63, 3.8) is 0 Å². The molecule has 0 spiro atoms. The fourth-order valence-electron chi connectivity index (χ4n) is 6.47. The fourth-order valence-corrected chi connectivity index (χ4v) is 6.47. The van der Waals surface area contributed by atoms with Crippen molar-refractivity contribution >= 4 is 0 Å². The average Bonchev–Trinajstić information content (AvgIpc) is 2.77. The maximum Gasteiger partial charge on any atom is 0.0109 e. The molecular formula is C27H39N. The fraction of sp³-hybridized carbons (Fsp3) is 0.630. The summed E-state index contributed by atoms with van der Waals surface area (Å²) in [5.41, 5.74) is 9.09. The number of hydrogen-bond acceptors (Lipinski definition) is 1. The van der Waals surface area contributed by atoms with Crippen molar-refractivity contribution < 1.29 is 0 Å². The van der Waals surface area contributed by atoms with Crippen LogP contribution >= 0.6 is 0 Å². The maximum absolute atomic E-state index is 5.52. The van der Waals surface area contributed by atoms with E-state index in [1.165, 1.54) is 70.6 Å². The molecule has 4 rings (SSSR count). The molecule has 0 aromatic heterocycles. The molecule has 1 heteroatoms. The van der Waals surface area contributed by atoms with Crippen molar-refractivity contribution in [1.82, 2.24) is 0 Å². The molecule has 0 amide bonds. The van der Waals surface area contributed by atoms with Gasteiger partial charge < -0.3 is 5.73 Å². The van der Waals surface area contributed by atoms with Gasteiger partial charge in [-0.15, -0.1) is 0 Å². The summed E-state index contributed by atoms with van der Waals surface area (Å²) in [6.07, 6.45) is 34.1. The van der Waals surface area contributed by atoms with Gasteiger partial charge in [0.05, 0.1) is 0 Å². The highest BCUT2D eigenvalue weighted by atomic mass is 14.5. The topological polar surface area (TPSA) is 26.0 Å². The number of allylic oxidation sites excluding steroid dienone is 9. The molecule has 4 aliphatic carbocycles. The summed E-state index contributed by atoms with van der Waals surface area (Å²) in [6, 6.07) is 0. The summed E-state index contributed by atoms with van der Waals surface area (Å²) in [7, 11) is 0. The van der Waals surface area contributed by atoms with Crippen LogP contribution in [0.2, 0.25) is 0 Å². The van der Waals surface area contributed by atoms with E-state index in [1.54, 1.807) is 5.57 Å². The summed E-state index contributed by atoms with van der Waals surface area (Å²) < 4.78 is 0. The van der Waals surface area contributed by atoms with E-state index >= 15 is 0 Å². The Balaban J connectivity index is 1.42. The Hall–Kier alpha value is -1.34. The van der Waals surface area contributed by atoms with Gasteiger partial charge in [0, 0.05) is 12.5 Å². The number of fused-ring (bicyclic) bond motifs is 1. The molecule has 2 unspecified atom stereocenters. The lowest BCUT2D eigenvalue weighted by Crippen LogP contribution is -2.31. The third kappa shape index (κ3) is 4.62. The Morgan fingerprint density at radius 2 is 1.71 bits per heavy atom. The predicted octanol–water partition coefficient (Wildman–Crippen LogP) is 6.89. The van der Waals surface area contributed by atoms with Crippen molar-refractivity contribution in [3.05, 3.63) is 59.8 Å². The first kappa shape index (κ1) is 20.0. The van der Waals surface area contributed by atoms with Gasteiger partial charge in [-0.3, -0.25) is 0 Å². The van der Waals surface area contributed by atoms with Gasteiger partial charge in [-0.25, -0.2) is 0 Å². The molecule has 28 heavy (non-hydrogen) atoms. The minimum atomic E-state index is 0.638. The normalized spacial score (nSPS) is 34.5. The Kier molecular flexibility index (Phi) is 7.07. The maximum atomic E-state index is 5.52. The van der Waals surface area contributed by atoms with Crippen LogP contribution < -0.4 is 5.73 Å². The molecule has 2 fully saturated rings. The van der Waals surface area contributed by atoms with Gasteiger partial charge in [-0.05, 0) is 67.8 Å². The Morgan fingerprint density at radius 1 is 0.893 bits per heavy atom. The van der Waals surface area contributed by atoms with Crippen LogP contribution in [0.25, 0.3) is 0 Å². The van der Waals surface area contributed by atoms with Gasteiger partial charge in [0.1, 0.15) is 0 Å². The molecule has 2 N–H and O–H groups in total. The summed E-state index contributed by atoms with van der Waals surface area (Å²) in [5.74, 6) is 4.21. The van der Waals surface area contributed by atoms with Crippen LogP contribution in [0.1, 0.15) is 70.6 Å². The van der Waals surface area contributed by atoms with E-state index in [0.717, 1.165) is 29.6 Å². The molecular weight excluding hydrogens is 338 g/mol. The number of rotatable bonds is 5. The molecule has 0 aromatic carbocycles. The van der Waals surface area contributed by atoms with Crippen LogP contribution in [0.5, 0.6) is 0 Å². The molecule has 0 aromatic rings. The molecule has 0 radical (unpaired) electrons. The highest BCUT2D eigenvalue weighted by molar-refractivity contribution is 5.40. The molecule has 0 saturated heterocycles. The second-order valence-corrected chi connectivity index (χ2v) is 9.51. The second kappa shape index (κ2) is 9.92. The van der Waals surface area contributed by atoms with Gasteiger partial charge in [-0.2, -0.15) is 0 Å². The highest BCUT2D eigenvalue weighted by Gasteiger charge is 2.37. The smallest absolute Gasteiger partial charge is 0.0109 e. The molecule has 4 aliphatic rings.